The van der Waals surface area contributed by atoms with E-state index >= 15 is 0 Å². The van der Waals surface area contributed by atoms with Gasteiger partial charge < -0.3 is 0 Å². The van der Waals surface area contributed by atoms with Crippen molar-refractivity contribution in [1.29, 1.82) is 0 Å². The normalized spacial score (nSPS) is 21.7. The molecule has 120 valence electrons. The fourth-order valence-electron chi connectivity index (χ4n) is 3.09. The van der Waals surface area contributed by atoms with Crippen LogP contribution in [0.1, 0.15) is 37.7 Å². The summed E-state index contributed by atoms with van der Waals surface area (Å²) >= 11 is 3.40. The van der Waals surface area contributed by atoms with Gasteiger partial charge >= 0.3 is 6.03 Å². The molecule has 4 amide bonds. The first-order valence-corrected chi connectivity index (χ1v) is 8.52. The van der Waals surface area contributed by atoms with E-state index in [9.17, 15) is 14.4 Å². The number of rotatable bonds is 2. The van der Waals surface area contributed by atoms with Crippen LogP contribution in [0.2, 0.25) is 0 Å². The Kier molecular flexibility index (Phi) is 4.61. The maximum absolute atomic E-state index is 12.7. The van der Waals surface area contributed by atoms with Crippen molar-refractivity contribution in [2.75, 3.05) is 0 Å². The molecule has 2 fully saturated rings. The number of imide groups is 2. The molecule has 0 aromatic heterocycles. The van der Waals surface area contributed by atoms with Crippen molar-refractivity contribution in [3.63, 3.8) is 0 Å². The minimum Gasteiger partial charge on any atom is -0.273 e. The Bertz CT molecular complexity index is 693. The van der Waals surface area contributed by atoms with Gasteiger partial charge in [-0.3, -0.25) is 19.8 Å². The van der Waals surface area contributed by atoms with Gasteiger partial charge in [0.05, 0.1) is 0 Å². The smallest absolute Gasteiger partial charge is 0.273 e. The Hall–Kier alpha value is -1.95. The molecule has 1 heterocycles. The highest BCUT2D eigenvalue weighted by atomic mass is 79.9. The molecule has 1 N–H and O–H groups in total. The minimum absolute atomic E-state index is 0.00192. The van der Waals surface area contributed by atoms with Crippen LogP contribution < -0.4 is 5.32 Å². The van der Waals surface area contributed by atoms with E-state index in [4.69, 9.17) is 0 Å². The molecule has 0 spiro atoms. The molecular formula is C17H17BrN2O3. The predicted molar refractivity (Wildman–Crippen MR) is 89.4 cm³/mol. The number of hydrogen-bond donors (Lipinski definition) is 1. The minimum atomic E-state index is -0.636. The Morgan fingerprint density at radius 1 is 1.09 bits per heavy atom. The van der Waals surface area contributed by atoms with Crippen molar-refractivity contribution in [1.82, 2.24) is 10.2 Å². The van der Waals surface area contributed by atoms with Crippen LogP contribution in [0.3, 0.4) is 0 Å². The first-order valence-electron chi connectivity index (χ1n) is 7.73. The number of amides is 4. The molecule has 0 atom stereocenters. The highest BCUT2D eigenvalue weighted by molar-refractivity contribution is 9.10. The number of barbiturate groups is 1. The number of carbonyl (C=O) groups is 3. The quantitative estimate of drug-likeness (QED) is 0.636. The topological polar surface area (TPSA) is 66.5 Å². The van der Waals surface area contributed by atoms with Crippen molar-refractivity contribution in [2.24, 2.45) is 0 Å². The summed E-state index contributed by atoms with van der Waals surface area (Å²) in [4.78, 5) is 38.2. The molecule has 1 aromatic carbocycles. The lowest BCUT2D eigenvalue weighted by Gasteiger charge is -2.35. The lowest BCUT2D eigenvalue weighted by atomic mass is 9.93. The monoisotopic (exact) mass is 376 g/mol. The third kappa shape index (κ3) is 3.22. The predicted octanol–water partition coefficient (Wildman–Crippen LogP) is 3.24. The van der Waals surface area contributed by atoms with Gasteiger partial charge in [0.15, 0.2) is 0 Å². The highest BCUT2D eigenvalue weighted by Crippen LogP contribution is 2.27. The van der Waals surface area contributed by atoms with Crippen molar-refractivity contribution >= 4 is 39.9 Å². The van der Waals surface area contributed by atoms with Gasteiger partial charge in [0, 0.05) is 10.5 Å². The maximum Gasteiger partial charge on any atom is 0.331 e. The molecule has 23 heavy (non-hydrogen) atoms. The molecule has 3 rings (SSSR count). The number of benzene rings is 1. The zero-order valence-electron chi connectivity index (χ0n) is 12.5. The van der Waals surface area contributed by atoms with Crippen LogP contribution in [0, 0.1) is 0 Å². The van der Waals surface area contributed by atoms with E-state index in [1.165, 1.54) is 11.0 Å². The van der Waals surface area contributed by atoms with Gasteiger partial charge in [-0.25, -0.2) is 4.79 Å². The summed E-state index contributed by atoms with van der Waals surface area (Å²) in [5.74, 6) is -1.13. The van der Waals surface area contributed by atoms with Gasteiger partial charge in [-0.05, 0) is 30.5 Å². The summed E-state index contributed by atoms with van der Waals surface area (Å²) < 4.78 is 0.786. The molecule has 5 nitrogen and oxygen atoms in total. The lowest BCUT2D eigenvalue weighted by Crippen LogP contribution is -2.58. The fourth-order valence-corrected chi connectivity index (χ4v) is 3.49. The SMILES string of the molecule is O=C1NC(=O)N(C2CCCCC2)C(=O)C1=Cc1ccccc1Br. The summed E-state index contributed by atoms with van der Waals surface area (Å²) in [6.45, 7) is 0. The van der Waals surface area contributed by atoms with E-state index in [0.29, 0.717) is 0 Å². The molecule has 0 bridgehead atoms. The van der Waals surface area contributed by atoms with E-state index in [1.807, 2.05) is 18.2 Å². The van der Waals surface area contributed by atoms with Crippen LogP contribution in [0.5, 0.6) is 0 Å². The summed E-state index contributed by atoms with van der Waals surface area (Å²) in [7, 11) is 0. The molecule has 1 aromatic rings. The molecule has 0 unspecified atom stereocenters. The molecule has 1 saturated heterocycles. The second-order valence-corrected chi connectivity index (χ2v) is 6.66. The van der Waals surface area contributed by atoms with E-state index in [2.05, 4.69) is 21.2 Å². The van der Waals surface area contributed by atoms with E-state index in [1.54, 1.807) is 6.07 Å². The van der Waals surface area contributed by atoms with Crippen molar-refractivity contribution in [3.05, 3.63) is 39.9 Å². The lowest BCUT2D eigenvalue weighted by molar-refractivity contribution is -0.132. The molecule has 2 aliphatic rings. The first kappa shape index (κ1) is 15.9. The Labute approximate surface area is 142 Å². The zero-order valence-corrected chi connectivity index (χ0v) is 14.1. The van der Waals surface area contributed by atoms with Gasteiger partial charge in [-0.1, -0.05) is 53.4 Å². The molecule has 1 aliphatic heterocycles. The summed E-state index contributed by atoms with van der Waals surface area (Å²) in [5.41, 5.74) is 0.728. The molecule has 1 aliphatic carbocycles. The van der Waals surface area contributed by atoms with Crippen LogP contribution in [-0.4, -0.2) is 28.8 Å². The highest BCUT2D eigenvalue weighted by Gasteiger charge is 2.40. The van der Waals surface area contributed by atoms with Crippen LogP contribution in [0.4, 0.5) is 4.79 Å². The Morgan fingerprint density at radius 3 is 2.48 bits per heavy atom. The summed E-state index contributed by atoms with van der Waals surface area (Å²) in [6.07, 6.45) is 6.26. The standard InChI is InChI=1S/C17H17BrN2O3/c18-14-9-5-4-6-11(14)10-13-15(21)19-17(23)20(16(13)22)12-7-2-1-3-8-12/h4-6,9-10,12H,1-3,7-8H2,(H,19,21,23). The number of hydrogen-bond acceptors (Lipinski definition) is 3. The van der Waals surface area contributed by atoms with E-state index in [0.717, 1.165) is 42.1 Å². The third-order valence-electron chi connectivity index (χ3n) is 4.28. The van der Waals surface area contributed by atoms with Crippen LogP contribution in [0.15, 0.2) is 34.3 Å². The van der Waals surface area contributed by atoms with Gasteiger partial charge in [-0.2, -0.15) is 0 Å². The van der Waals surface area contributed by atoms with E-state index in [-0.39, 0.29) is 11.6 Å². The Balaban J connectivity index is 1.93. The van der Waals surface area contributed by atoms with Crippen LogP contribution in [0.25, 0.3) is 6.08 Å². The molecule has 0 radical (unpaired) electrons. The van der Waals surface area contributed by atoms with Gasteiger partial charge in [0.2, 0.25) is 0 Å². The molecule has 6 heteroatoms. The zero-order chi connectivity index (χ0) is 16.4. The number of urea groups is 1. The largest absolute Gasteiger partial charge is 0.331 e. The molecule has 1 saturated carbocycles. The van der Waals surface area contributed by atoms with Gasteiger partial charge in [-0.15, -0.1) is 0 Å². The number of carbonyl (C=O) groups excluding carboxylic acids is 3. The second-order valence-electron chi connectivity index (χ2n) is 5.81. The summed E-state index contributed by atoms with van der Waals surface area (Å²) in [5, 5.41) is 2.29. The Morgan fingerprint density at radius 2 is 1.78 bits per heavy atom. The summed E-state index contributed by atoms with van der Waals surface area (Å²) in [6, 6.07) is 6.60. The second kappa shape index (κ2) is 6.66. The van der Waals surface area contributed by atoms with E-state index < -0.39 is 17.8 Å². The van der Waals surface area contributed by atoms with Crippen LogP contribution >= 0.6 is 15.9 Å². The number of nitrogens with zero attached hydrogens (tertiary/aromatic N) is 1. The molecular weight excluding hydrogens is 360 g/mol. The third-order valence-corrected chi connectivity index (χ3v) is 5.00. The van der Waals surface area contributed by atoms with Gasteiger partial charge in [0.1, 0.15) is 5.57 Å². The number of halogens is 1. The average molecular weight is 377 g/mol. The number of nitrogens with one attached hydrogen (secondary N) is 1. The maximum atomic E-state index is 12.7. The van der Waals surface area contributed by atoms with Crippen molar-refractivity contribution < 1.29 is 14.4 Å². The van der Waals surface area contributed by atoms with Crippen LogP contribution in [-0.2, 0) is 9.59 Å². The first-order chi connectivity index (χ1) is 11.1. The fraction of sp³-hybridized carbons (Fsp3) is 0.353. The van der Waals surface area contributed by atoms with Crippen molar-refractivity contribution in [2.45, 2.75) is 38.1 Å². The van der Waals surface area contributed by atoms with Gasteiger partial charge in [0.25, 0.3) is 11.8 Å². The van der Waals surface area contributed by atoms with Crippen molar-refractivity contribution in [3.8, 4) is 0 Å². The average Bonchev–Trinajstić information content (AvgIpc) is 2.54.